The van der Waals surface area contributed by atoms with Crippen molar-refractivity contribution in [1.29, 1.82) is 0 Å². The SMILES string of the molecule is CC.CCC.CCCN.CCN1CNC1. The van der Waals surface area contributed by atoms with Crippen LogP contribution in [-0.4, -0.2) is 31.3 Å². The minimum absolute atomic E-state index is 0.819. The first-order valence-corrected chi connectivity index (χ1v) is 6.39. The van der Waals surface area contributed by atoms with E-state index in [0.29, 0.717) is 0 Å². The standard InChI is InChI=1S/C4H10N2.C3H9N.C3H8.C2H6/c1-2-6-3-5-4-6;1-2-3-4;1-3-2;1-2/h5H,2-4H2,1H3;2-4H2,1H3;3H2,1-2H3;1-2H3. The molecular weight excluding hydrogens is 186 g/mol. The molecule has 1 aliphatic heterocycles. The average Bonchev–Trinajstić information content (AvgIpc) is 2.21. The predicted molar refractivity (Wildman–Crippen MR) is 71.9 cm³/mol. The van der Waals surface area contributed by atoms with Crippen LogP contribution in [0.25, 0.3) is 0 Å². The van der Waals surface area contributed by atoms with Crippen molar-refractivity contribution in [3.05, 3.63) is 0 Å². The van der Waals surface area contributed by atoms with Crippen molar-refractivity contribution >= 4 is 0 Å². The zero-order valence-electron chi connectivity index (χ0n) is 11.8. The van der Waals surface area contributed by atoms with Crippen LogP contribution in [-0.2, 0) is 0 Å². The second-order valence-electron chi connectivity index (χ2n) is 3.05. The first-order valence-electron chi connectivity index (χ1n) is 6.39. The topological polar surface area (TPSA) is 41.3 Å². The maximum Gasteiger partial charge on any atom is 0.0502 e. The second-order valence-corrected chi connectivity index (χ2v) is 3.05. The van der Waals surface area contributed by atoms with Crippen LogP contribution in [0.5, 0.6) is 0 Å². The highest BCUT2D eigenvalue weighted by molar-refractivity contribution is 4.58. The molecule has 0 aromatic rings. The third-order valence-electron chi connectivity index (χ3n) is 1.41. The van der Waals surface area contributed by atoms with E-state index in [2.05, 4.69) is 37.9 Å². The normalized spacial score (nSPS) is 13.0. The van der Waals surface area contributed by atoms with E-state index in [0.717, 1.165) is 26.3 Å². The van der Waals surface area contributed by atoms with Gasteiger partial charge in [0.05, 0.1) is 13.3 Å². The lowest BCUT2D eigenvalue weighted by Crippen LogP contribution is -2.51. The molecule has 0 saturated carbocycles. The van der Waals surface area contributed by atoms with E-state index < -0.39 is 0 Å². The Kier molecular flexibility index (Phi) is 31.9. The maximum absolute atomic E-state index is 5.03. The summed E-state index contributed by atoms with van der Waals surface area (Å²) >= 11 is 0. The number of nitrogens with one attached hydrogen (secondary N) is 1. The van der Waals surface area contributed by atoms with Gasteiger partial charge in [-0.25, -0.2) is 0 Å². The Morgan fingerprint density at radius 3 is 1.40 bits per heavy atom. The molecular formula is C12H33N3. The summed E-state index contributed by atoms with van der Waals surface area (Å²) in [6.07, 6.45) is 2.35. The van der Waals surface area contributed by atoms with Crippen LogP contribution < -0.4 is 11.1 Å². The zero-order chi connectivity index (χ0) is 12.5. The Hall–Kier alpha value is -0.120. The summed E-state index contributed by atoms with van der Waals surface area (Å²) in [4.78, 5) is 2.32. The minimum Gasteiger partial charge on any atom is -0.330 e. The van der Waals surface area contributed by atoms with Crippen molar-refractivity contribution in [2.24, 2.45) is 5.73 Å². The van der Waals surface area contributed by atoms with Crippen molar-refractivity contribution < 1.29 is 0 Å². The molecule has 1 saturated heterocycles. The average molecular weight is 219 g/mol. The third-order valence-corrected chi connectivity index (χ3v) is 1.41. The monoisotopic (exact) mass is 219 g/mol. The van der Waals surface area contributed by atoms with Crippen LogP contribution in [0.2, 0.25) is 0 Å². The molecule has 15 heavy (non-hydrogen) atoms. The Morgan fingerprint density at radius 2 is 1.40 bits per heavy atom. The molecule has 0 spiro atoms. The zero-order valence-corrected chi connectivity index (χ0v) is 11.8. The molecule has 0 aromatic carbocycles. The van der Waals surface area contributed by atoms with Crippen LogP contribution in [0.4, 0.5) is 0 Å². The molecule has 1 aliphatic rings. The number of nitrogens with two attached hydrogens (primary N) is 1. The Bertz CT molecular complexity index is 68.5. The van der Waals surface area contributed by atoms with Gasteiger partial charge in [0.25, 0.3) is 0 Å². The highest BCUT2D eigenvalue weighted by Gasteiger charge is 2.07. The fourth-order valence-electron chi connectivity index (χ4n) is 0.494. The number of hydrogen-bond acceptors (Lipinski definition) is 3. The molecule has 1 fully saturated rings. The predicted octanol–water partition coefficient (Wildman–Crippen LogP) is 2.62. The number of hydrogen-bond donors (Lipinski definition) is 2. The van der Waals surface area contributed by atoms with E-state index in [-0.39, 0.29) is 0 Å². The first kappa shape index (κ1) is 20.3. The van der Waals surface area contributed by atoms with Gasteiger partial charge in [-0.05, 0) is 19.5 Å². The summed E-state index contributed by atoms with van der Waals surface area (Å²) in [6, 6.07) is 0. The van der Waals surface area contributed by atoms with Crippen LogP contribution in [0.15, 0.2) is 0 Å². The van der Waals surface area contributed by atoms with E-state index >= 15 is 0 Å². The molecule has 0 aromatic heterocycles. The molecule has 0 atom stereocenters. The van der Waals surface area contributed by atoms with Gasteiger partial charge in [-0.3, -0.25) is 10.2 Å². The summed E-state index contributed by atoms with van der Waals surface area (Å²) in [5.41, 5.74) is 5.03. The largest absolute Gasteiger partial charge is 0.330 e. The van der Waals surface area contributed by atoms with Gasteiger partial charge in [-0.15, -0.1) is 0 Å². The number of nitrogens with zero attached hydrogens (tertiary/aromatic N) is 1. The highest BCUT2D eigenvalue weighted by atomic mass is 15.4. The quantitative estimate of drug-likeness (QED) is 0.750. The van der Waals surface area contributed by atoms with E-state index in [1.54, 1.807) is 0 Å². The summed E-state index contributed by atoms with van der Waals surface area (Å²) < 4.78 is 0. The maximum atomic E-state index is 5.03. The van der Waals surface area contributed by atoms with Gasteiger partial charge in [0, 0.05) is 0 Å². The fourth-order valence-corrected chi connectivity index (χ4v) is 0.494. The molecule has 3 N–H and O–H groups in total. The van der Waals surface area contributed by atoms with E-state index in [4.69, 9.17) is 5.73 Å². The van der Waals surface area contributed by atoms with Gasteiger partial charge in [-0.1, -0.05) is 48.0 Å². The van der Waals surface area contributed by atoms with E-state index in [9.17, 15) is 0 Å². The molecule has 0 bridgehead atoms. The van der Waals surface area contributed by atoms with Crippen LogP contribution in [0.1, 0.15) is 54.4 Å². The first-order chi connectivity index (χ1) is 7.26. The molecule has 96 valence electrons. The second kappa shape index (κ2) is 23.6. The van der Waals surface area contributed by atoms with Crippen molar-refractivity contribution in [1.82, 2.24) is 10.2 Å². The number of rotatable bonds is 2. The molecule has 1 heterocycles. The lowest BCUT2D eigenvalue weighted by Gasteiger charge is -2.30. The summed E-state index contributed by atoms with van der Waals surface area (Å²) in [5, 5.41) is 3.14. The Balaban J connectivity index is -0.000000142. The molecule has 0 amide bonds. The molecule has 0 radical (unpaired) electrons. The smallest absolute Gasteiger partial charge is 0.0502 e. The Labute approximate surface area is 97.4 Å². The minimum atomic E-state index is 0.819. The van der Waals surface area contributed by atoms with E-state index in [1.807, 2.05) is 13.8 Å². The third kappa shape index (κ3) is 24.8. The molecule has 3 nitrogen and oxygen atoms in total. The summed E-state index contributed by atoms with van der Waals surface area (Å²) in [7, 11) is 0. The Morgan fingerprint density at radius 1 is 1.07 bits per heavy atom. The highest BCUT2D eigenvalue weighted by Crippen LogP contribution is 1.88. The van der Waals surface area contributed by atoms with Crippen LogP contribution >= 0.6 is 0 Å². The van der Waals surface area contributed by atoms with Crippen LogP contribution in [0, 0.1) is 0 Å². The molecule has 0 unspecified atom stereocenters. The lowest BCUT2D eigenvalue weighted by molar-refractivity contribution is 0.147. The molecule has 3 heteroatoms. The molecule has 1 rings (SSSR count). The van der Waals surface area contributed by atoms with Gasteiger partial charge in [-0.2, -0.15) is 0 Å². The van der Waals surface area contributed by atoms with Gasteiger partial charge in [0.15, 0.2) is 0 Å². The van der Waals surface area contributed by atoms with Gasteiger partial charge in [0.1, 0.15) is 0 Å². The van der Waals surface area contributed by atoms with E-state index in [1.165, 1.54) is 13.0 Å². The van der Waals surface area contributed by atoms with Crippen molar-refractivity contribution in [3.8, 4) is 0 Å². The van der Waals surface area contributed by atoms with Crippen molar-refractivity contribution in [3.63, 3.8) is 0 Å². The van der Waals surface area contributed by atoms with Gasteiger partial charge in [0.2, 0.25) is 0 Å². The van der Waals surface area contributed by atoms with Gasteiger partial charge >= 0.3 is 0 Å². The molecule has 0 aliphatic carbocycles. The summed E-state index contributed by atoms with van der Waals surface area (Å²) in [6.45, 7) is 16.7. The van der Waals surface area contributed by atoms with Gasteiger partial charge < -0.3 is 5.73 Å². The van der Waals surface area contributed by atoms with Crippen molar-refractivity contribution in [2.75, 3.05) is 26.4 Å². The fraction of sp³-hybridized carbons (Fsp3) is 1.00. The van der Waals surface area contributed by atoms with Crippen molar-refractivity contribution in [2.45, 2.75) is 54.4 Å². The summed E-state index contributed by atoms with van der Waals surface area (Å²) in [5.74, 6) is 0. The van der Waals surface area contributed by atoms with Crippen LogP contribution in [0.3, 0.4) is 0 Å². The lowest BCUT2D eigenvalue weighted by atomic mass is 10.5.